The Kier molecular flexibility index (Phi) is 4.93. The molecule has 0 unspecified atom stereocenters. The van der Waals surface area contributed by atoms with Crippen LogP contribution in [0.15, 0.2) is 29.6 Å². The van der Waals surface area contributed by atoms with E-state index in [1.807, 2.05) is 6.92 Å². The van der Waals surface area contributed by atoms with E-state index < -0.39 is 0 Å². The zero-order valence-corrected chi connectivity index (χ0v) is 12.6. The lowest BCUT2D eigenvalue weighted by Gasteiger charge is -2.16. The monoisotopic (exact) mass is 275 g/mol. The van der Waals surface area contributed by atoms with E-state index in [9.17, 15) is 0 Å². The van der Waals surface area contributed by atoms with Crippen LogP contribution in [-0.2, 0) is 6.54 Å². The molecule has 2 aromatic rings. The zero-order valence-electron chi connectivity index (χ0n) is 11.8. The van der Waals surface area contributed by atoms with Crippen molar-refractivity contribution in [1.82, 2.24) is 9.88 Å². The van der Waals surface area contributed by atoms with Gasteiger partial charge in [0.05, 0.1) is 10.7 Å². The lowest BCUT2D eigenvalue weighted by molar-refractivity contribution is 0.336. The van der Waals surface area contributed by atoms with Crippen molar-refractivity contribution < 1.29 is 0 Å². The number of thiazole rings is 1. The molecule has 102 valence electrons. The molecule has 0 saturated heterocycles. The van der Waals surface area contributed by atoms with Crippen LogP contribution in [-0.4, -0.2) is 30.0 Å². The predicted molar refractivity (Wildman–Crippen MR) is 82.9 cm³/mol. The summed E-state index contributed by atoms with van der Waals surface area (Å²) in [6.07, 6.45) is 0. The maximum atomic E-state index is 4.48. The zero-order chi connectivity index (χ0) is 13.7. The quantitative estimate of drug-likeness (QED) is 0.876. The van der Waals surface area contributed by atoms with E-state index in [4.69, 9.17) is 0 Å². The molecule has 3 nitrogen and oxygen atoms in total. The molecule has 0 atom stereocenters. The van der Waals surface area contributed by atoms with Crippen molar-refractivity contribution in [2.45, 2.75) is 20.4 Å². The smallest absolute Gasteiger partial charge is 0.0897 e. The second-order valence-corrected chi connectivity index (χ2v) is 5.95. The highest BCUT2D eigenvalue weighted by molar-refractivity contribution is 7.09. The van der Waals surface area contributed by atoms with Crippen LogP contribution in [0.4, 0.5) is 5.69 Å². The number of nitrogens with one attached hydrogen (secondary N) is 1. The second kappa shape index (κ2) is 6.68. The first-order valence-corrected chi connectivity index (χ1v) is 7.41. The average molecular weight is 275 g/mol. The standard InChI is InChI=1S/C15H21N3S/c1-12-5-4-6-14(9-12)16-7-8-18(3)10-15-11-19-13(2)17-15/h4-6,9,11,16H,7-8,10H2,1-3H3. The van der Waals surface area contributed by atoms with Gasteiger partial charge in [-0.15, -0.1) is 11.3 Å². The number of aromatic nitrogens is 1. The molecule has 0 amide bonds. The van der Waals surface area contributed by atoms with Gasteiger partial charge in [0, 0.05) is 30.7 Å². The molecule has 0 fully saturated rings. The second-order valence-electron chi connectivity index (χ2n) is 4.89. The molecule has 19 heavy (non-hydrogen) atoms. The molecule has 0 aliphatic carbocycles. The van der Waals surface area contributed by atoms with E-state index in [0.29, 0.717) is 0 Å². The third-order valence-corrected chi connectivity index (χ3v) is 3.76. The number of benzene rings is 1. The summed E-state index contributed by atoms with van der Waals surface area (Å²) in [4.78, 5) is 6.77. The summed E-state index contributed by atoms with van der Waals surface area (Å²) in [5.41, 5.74) is 3.65. The van der Waals surface area contributed by atoms with Gasteiger partial charge in [0.15, 0.2) is 0 Å². The Hall–Kier alpha value is -1.39. The molecule has 0 aliphatic rings. The summed E-state index contributed by atoms with van der Waals surface area (Å²) in [5, 5.41) is 6.73. The molecule has 1 aromatic heterocycles. The maximum absolute atomic E-state index is 4.48. The van der Waals surface area contributed by atoms with Crippen molar-refractivity contribution in [2.24, 2.45) is 0 Å². The Labute approximate surface area is 119 Å². The summed E-state index contributed by atoms with van der Waals surface area (Å²) in [6, 6.07) is 8.47. The van der Waals surface area contributed by atoms with Crippen LogP contribution in [0.1, 0.15) is 16.3 Å². The van der Waals surface area contributed by atoms with Gasteiger partial charge < -0.3 is 5.32 Å². The fraction of sp³-hybridized carbons (Fsp3) is 0.400. The maximum Gasteiger partial charge on any atom is 0.0897 e. The minimum Gasteiger partial charge on any atom is -0.384 e. The van der Waals surface area contributed by atoms with Gasteiger partial charge in [0.2, 0.25) is 0 Å². The molecular formula is C15H21N3S. The minimum absolute atomic E-state index is 0.917. The van der Waals surface area contributed by atoms with E-state index in [1.165, 1.54) is 16.9 Å². The summed E-state index contributed by atoms with van der Waals surface area (Å²) >= 11 is 1.72. The number of hydrogen-bond acceptors (Lipinski definition) is 4. The Balaban J connectivity index is 1.73. The topological polar surface area (TPSA) is 28.2 Å². The molecule has 0 radical (unpaired) electrons. The first-order chi connectivity index (χ1) is 9.13. The first kappa shape index (κ1) is 14.0. The van der Waals surface area contributed by atoms with Crippen LogP contribution in [0, 0.1) is 13.8 Å². The molecule has 2 rings (SSSR count). The molecule has 0 aliphatic heterocycles. The number of nitrogens with zero attached hydrogens (tertiary/aromatic N) is 2. The van der Waals surface area contributed by atoms with Gasteiger partial charge in [-0.2, -0.15) is 0 Å². The summed E-state index contributed by atoms with van der Waals surface area (Å²) in [5.74, 6) is 0. The average Bonchev–Trinajstić information content (AvgIpc) is 2.75. The highest BCUT2D eigenvalue weighted by Crippen LogP contribution is 2.10. The van der Waals surface area contributed by atoms with Crippen molar-refractivity contribution in [3.8, 4) is 0 Å². The van der Waals surface area contributed by atoms with Gasteiger partial charge >= 0.3 is 0 Å². The molecule has 0 bridgehead atoms. The van der Waals surface area contributed by atoms with Gasteiger partial charge in [0.1, 0.15) is 0 Å². The summed E-state index contributed by atoms with van der Waals surface area (Å²) in [7, 11) is 2.13. The van der Waals surface area contributed by atoms with Crippen LogP contribution in [0.3, 0.4) is 0 Å². The summed E-state index contributed by atoms with van der Waals surface area (Å²) in [6.45, 7) is 7.03. The van der Waals surface area contributed by atoms with Crippen molar-refractivity contribution >= 4 is 17.0 Å². The molecule has 1 heterocycles. The Bertz CT molecular complexity index is 522. The normalized spacial score (nSPS) is 10.9. The minimum atomic E-state index is 0.917. The fourth-order valence-electron chi connectivity index (χ4n) is 1.98. The molecule has 4 heteroatoms. The third kappa shape index (κ3) is 4.65. The Morgan fingerprint density at radius 2 is 2.16 bits per heavy atom. The van der Waals surface area contributed by atoms with E-state index in [2.05, 4.69) is 58.8 Å². The number of hydrogen-bond donors (Lipinski definition) is 1. The van der Waals surface area contributed by atoms with Crippen LogP contribution >= 0.6 is 11.3 Å². The Morgan fingerprint density at radius 1 is 1.32 bits per heavy atom. The van der Waals surface area contributed by atoms with E-state index in [-0.39, 0.29) is 0 Å². The number of aryl methyl sites for hydroxylation is 2. The van der Waals surface area contributed by atoms with Crippen LogP contribution < -0.4 is 5.32 Å². The van der Waals surface area contributed by atoms with Crippen molar-refractivity contribution in [3.63, 3.8) is 0 Å². The molecule has 1 N–H and O–H groups in total. The third-order valence-electron chi connectivity index (χ3n) is 2.94. The molecule has 0 saturated carbocycles. The molecular weight excluding hydrogens is 254 g/mol. The number of rotatable bonds is 6. The van der Waals surface area contributed by atoms with Gasteiger partial charge in [-0.25, -0.2) is 4.98 Å². The van der Waals surface area contributed by atoms with Crippen molar-refractivity contribution in [2.75, 3.05) is 25.5 Å². The fourth-order valence-corrected chi connectivity index (χ4v) is 2.59. The largest absolute Gasteiger partial charge is 0.384 e. The van der Waals surface area contributed by atoms with Gasteiger partial charge in [-0.1, -0.05) is 12.1 Å². The number of anilines is 1. The highest BCUT2D eigenvalue weighted by atomic mass is 32.1. The van der Waals surface area contributed by atoms with Gasteiger partial charge in [0.25, 0.3) is 0 Å². The first-order valence-electron chi connectivity index (χ1n) is 6.53. The van der Waals surface area contributed by atoms with E-state index in [0.717, 1.165) is 24.6 Å². The Morgan fingerprint density at radius 3 is 2.84 bits per heavy atom. The lowest BCUT2D eigenvalue weighted by Crippen LogP contribution is -2.24. The van der Waals surface area contributed by atoms with Crippen LogP contribution in [0.2, 0.25) is 0 Å². The van der Waals surface area contributed by atoms with Gasteiger partial charge in [-0.3, -0.25) is 4.90 Å². The van der Waals surface area contributed by atoms with Crippen molar-refractivity contribution in [1.29, 1.82) is 0 Å². The van der Waals surface area contributed by atoms with E-state index >= 15 is 0 Å². The van der Waals surface area contributed by atoms with Crippen LogP contribution in [0.5, 0.6) is 0 Å². The van der Waals surface area contributed by atoms with E-state index in [1.54, 1.807) is 11.3 Å². The predicted octanol–water partition coefficient (Wildman–Crippen LogP) is 3.30. The SMILES string of the molecule is Cc1cccc(NCCN(C)Cc2csc(C)n2)c1. The number of likely N-dealkylation sites (N-methyl/N-ethyl adjacent to an activating group) is 1. The highest BCUT2D eigenvalue weighted by Gasteiger charge is 2.03. The van der Waals surface area contributed by atoms with Crippen LogP contribution in [0.25, 0.3) is 0 Å². The lowest BCUT2D eigenvalue weighted by atomic mass is 10.2. The summed E-state index contributed by atoms with van der Waals surface area (Å²) < 4.78 is 0. The molecule has 1 aromatic carbocycles. The van der Waals surface area contributed by atoms with Crippen molar-refractivity contribution in [3.05, 3.63) is 45.9 Å². The molecule has 0 spiro atoms. The van der Waals surface area contributed by atoms with Gasteiger partial charge in [-0.05, 0) is 38.6 Å².